The minimum absolute atomic E-state index is 0.751. The molecule has 1 heterocycles. The third-order valence-electron chi connectivity index (χ3n) is 2.39. The molecule has 1 aliphatic carbocycles. The molecule has 1 saturated carbocycles. The summed E-state index contributed by atoms with van der Waals surface area (Å²) in [5.74, 6) is 1.77. The van der Waals surface area contributed by atoms with E-state index >= 15 is 0 Å². The predicted octanol–water partition coefficient (Wildman–Crippen LogP) is 2.68. The maximum absolute atomic E-state index is 4.18. The number of aromatic nitrogens is 2. The van der Waals surface area contributed by atoms with Crippen LogP contribution in [0.25, 0.3) is 0 Å². The smallest absolute Gasteiger partial charge is 0.222 e. The van der Waals surface area contributed by atoms with E-state index in [1.807, 2.05) is 12.4 Å². The summed E-state index contributed by atoms with van der Waals surface area (Å²) in [5.41, 5.74) is 0. The molecule has 0 saturated heterocycles. The largest absolute Gasteiger partial charge is 0.354 e. The molecule has 1 aromatic rings. The van der Waals surface area contributed by atoms with Gasteiger partial charge in [0, 0.05) is 22.5 Å². The third kappa shape index (κ3) is 3.40. The second kappa shape index (κ2) is 4.91. The normalized spacial score (nSPS) is 15.5. The first-order valence-electron chi connectivity index (χ1n) is 5.06. The number of hydrogen-bond acceptors (Lipinski definition) is 3. The van der Waals surface area contributed by atoms with Gasteiger partial charge in [0.2, 0.25) is 5.95 Å². The second-order valence-electron chi connectivity index (χ2n) is 3.74. The fourth-order valence-electron chi connectivity index (χ4n) is 1.40. The van der Waals surface area contributed by atoms with Crippen LogP contribution in [0.15, 0.2) is 12.4 Å². The van der Waals surface area contributed by atoms with Gasteiger partial charge in [0.15, 0.2) is 0 Å². The highest BCUT2D eigenvalue weighted by atomic mass is 127. The zero-order chi connectivity index (χ0) is 9.80. The fourth-order valence-corrected chi connectivity index (χ4v) is 1.68. The van der Waals surface area contributed by atoms with Gasteiger partial charge in [-0.1, -0.05) is 12.8 Å². The average molecular weight is 303 g/mol. The molecule has 14 heavy (non-hydrogen) atoms. The number of nitrogens with zero attached hydrogens (tertiary/aromatic N) is 2. The third-order valence-corrected chi connectivity index (χ3v) is 2.95. The molecular formula is C10H14IN3. The van der Waals surface area contributed by atoms with E-state index in [1.165, 1.54) is 25.7 Å². The predicted molar refractivity (Wildman–Crippen MR) is 65.2 cm³/mol. The van der Waals surface area contributed by atoms with E-state index in [1.54, 1.807) is 0 Å². The van der Waals surface area contributed by atoms with Gasteiger partial charge in [-0.15, -0.1) is 0 Å². The number of hydrogen-bond donors (Lipinski definition) is 1. The van der Waals surface area contributed by atoms with Crippen LogP contribution in [-0.4, -0.2) is 16.5 Å². The molecule has 1 fully saturated rings. The maximum Gasteiger partial charge on any atom is 0.222 e. The number of halogens is 1. The topological polar surface area (TPSA) is 37.8 Å². The Balaban J connectivity index is 1.66. The Labute approximate surface area is 97.9 Å². The monoisotopic (exact) mass is 303 g/mol. The van der Waals surface area contributed by atoms with Gasteiger partial charge in [-0.3, -0.25) is 0 Å². The fraction of sp³-hybridized carbons (Fsp3) is 0.600. The van der Waals surface area contributed by atoms with Crippen LogP contribution in [-0.2, 0) is 0 Å². The lowest BCUT2D eigenvalue weighted by Gasteiger charge is -2.03. The molecule has 1 aliphatic rings. The van der Waals surface area contributed by atoms with Gasteiger partial charge in [-0.2, -0.15) is 0 Å². The van der Waals surface area contributed by atoms with Crippen LogP contribution in [0.3, 0.4) is 0 Å². The zero-order valence-electron chi connectivity index (χ0n) is 8.04. The Morgan fingerprint density at radius 2 is 2.07 bits per heavy atom. The first-order valence-corrected chi connectivity index (χ1v) is 6.14. The maximum atomic E-state index is 4.18. The first kappa shape index (κ1) is 10.1. The molecule has 2 rings (SSSR count). The molecule has 0 radical (unpaired) electrons. The standard InChI is InChI=1S/C10H14IN3/c11-9-6-13-10(14-7-9)12-5-1-2-8-3-4-8/h6-8H,1-5H2,(H,12,13,14). The molecule has 0 aliphatic heterocycles. The quantitative estimate of drug-likeness (QED) is 0.671. The molecule has 0 aromatic carbocycles. The highest BCUT2D eigenvalue weighted by Gasteiger charge is 2.19. The highest BCUT2D eigenvalue weighted by molar-refractivity contribution is 14.1. The molecule has 0 bridgehead atoms. The summed E-state index contributed by atoms with van der Waals surface area (Å²) in [6.45, 7) is 0.997. The van der Waals surface area contributed by atoms with Crippen molar-refractivity contribution < 1.29 is 0 Å². The summed E-state index contributed by atoms with van der Waals surface area (Å²) in [7, 11) is 0. The van der Waals surface area contributed by atoms with Crippen molar-refractivity contribution in [2.75, 3.05) is 11.9 Å². The summed E-state index contributed by atoms with van der Waals surface area (Å²) in [4.78, 5) is 8.36. The van der Waals surface area contributed by atoms with Crippen molar-refractivity contribution >= 4 is 28.5 Å². The van der Waals surface area contributed by atoms with E-state index in [0.717, 1.165) is 22.0 Å². The van der Waals surface area contributed by atoms with E-state index in [9.17, 15) is 0 Å². The summed E-state index contributed by atoms with van der Waals surface area (Å²) >= 11 is 2.21. The summed E-state index contributed by atoms with van der Waals surface area (Å²) in [6.07, 6.45) is 9.14. The lowest BCUT2D eigenvalue weighted by molar-refractivity contribution is 0.685. The molecule has 0 atom stereocenters. The van der Waals surface area contributed by atoms with E-state index in [0.29, 0.717) is 0 Å². The van der Waals surface area contributed by atoms with Gasteiger partial charge in [0.25, 0.3) is 0 Å². The molecule has 1 aromatic heterocycles. The minimum atomic E-state index is 0.751. The Morgan fingerprint density at radius 1 is 1.36 bits per heavy atom. The number of rotatable bonds is 5. The van der Waals surface area contributed by atoms with Crippen LogP contribution < -0.4 is 5.32 Å². The zero-order valence-corrected chi connectivity index (χ0v) is 10.2. The van der Waals surface area contributed by atoms with Crippen LogP contribution in [0.4, 0.5) is 5.95 Å². The molecule has 76 valence electrons. The van der Waals surface area contributed by atoms with Crippen LogP contribution in [0, 0.1) is 9.49 Å². The van der Waals surface area contributed by atoms with Gasteiger partial charge in [0.05, 0.1) is 0 Å². The Bertz CT molecular complexity index is 282. The first-order chi connectivity index (χ1) is 6.84. The molecular weight excluding hydrogens is 289 g/mol. The van der Waals surface area contributed by atoms with Gasteiger partial charge in [-0.25, -0.2) is 9.97 Å². The van der Waals surface area contributed by atoms with Crippen molar-refractivity contribution in [3.8, 4) is 0 Å². The lowest BCUT2D eigenvalue weighted by atomic mass is 10.2. The second-order valence-corrected chi connectivity index (χ2v) is 4.98. The average Bonchev–Trinajstić information content (AvgIpc) is 2.99. The Morgan fingerprint density at radius 3 is 2.71 bits per heavy atom. The SMILES string of the molecule is Ic1cnc(NCCCC2CC2)nc1. The Kier molecular flexibility index (Phi) is 3.55. The molecule has 0 unspecified atom stereocenters. The van der Waals surface area contributed by atoms with Crippen LogP contribution in [0.2, 0.25) is 0 Å². The number of nitrogens with one attached hydrogen (secondary N) is 1. The van der Waals surface area contributed by atoms with Gasteiger partial charge >= 0.3 is 0 Å². The van der Waals surface area contributed by atoms with E-state index in [2.05, 4.69) is 37.9 Å². The van der Waals surface area contributed by atoms with Crippen molar-refractivity contribution in [3.05, 3.63) is 16.0 Å². The van der Waals surface area contributed by atoms with Gasteiger partial charge in [0.1, 0.15) is 0 Å². The van der Waals surface area contributed by atoms with Crippen molar-refractivity contribution in [3.63, 3.8) is 0 Å². The molecule has 3 nitrogen and oxygen atoms in total. The van der Waals surface area contributed by atoms with Crippen LogP contribution in [0.1, 0.15) is 25.7 Å². The molecule has 0 spiro atoms. The van der Waals surface area contributed by atoms with Crippen molar-refractivity contribution in [2.24, 2.45) is 5.92 Å². The molecule has 0 amide bonds. The summed E-state index contributed by atoms with van der Waals surface area (Å²) in [6, 6.07) is 0. The lowest BCUT2D eigenvalue weighted by Crippen LogP contribution is -2.05. The van der Waals surface area contributed by atoms with E-state index in [-0.39, 0.29) is 0 Å². The summed E-state index contributed by atoms with van der Waals surface area (Å²) in [5, 5.41) is 3.23. The van der Waals surface area contributed by atoms with E-state index in [4.69, 9.17) is 0 Å². The van der Waals surface area contributed by atoms with Crippen molar-refractivity contribution in [1.82, 2.24) is 9.97 Å². The van der Waals surface area contributed by atoms with Crippen molar-refractivity contribution in [1.29, 1.82) is 0 Å². The van der Waals surface area contributed by atoms with Gasteiger partial charge < -0.3 is 5.32 Å². The number of anilines is 1. The van der Waals surface area contributed by atoms with Crippen LogP contribution >= 0.6 is 22.6 Å². The van der Waals surface area contributed by atoms with Gasteiger partial charge in [-0.05, 0) is 41.4 Å². The highest BCUT2D eigenvalue weighted by Crippen LogP contribution is 2.33. The Hall–Kier alpha value is -0.390. The minimum Gasteiger partial charge on any atom is -0.354 e. The van der Waals surface area contributed by atoms with Crippen LogP contribution in [0.5, 0.6) is 0 Å². The summed E-state index contributed by atoms with van der Waals surface area (Å²) < 4.78 is 1.08. The van der Waals surface area contributed by atoms with E-state index < -0.39 is 0 Å². The van der Waals surface area contributed by atoms with Crippen molar-refractivity contribution in [2.45, 2.75) is 25.7 Å². The molecule has 1 N–H and O–H groups in total. The molecule has 4 heteroatoms.